The predicted octanol–water partition coefficient (Wildman–Crippen LogP) is 8.06. The molecular weight excluding hydrogens is 588 g/mol. The Labute approximate surface area is 262 Å². The van der Waals surface area contributed by atoms with Gasteiger partial charge in [-0.2, -0.15) is 0 Å². The normalized spacial score (nSPS) is 16.8. The van der Waals surface area contributed by atoms with Crippen molar-refractivity contribution in [1.29, 1.82) is 0 Å². The average molecular weight is 641 g/mol. The lowest BCUT2D eigenvalue weighted by molar-refractivity contribution is 0.109. The summed E-state index contributed by atoms with van der Waals surface area (Å²) in [4.78, 5) is 29.5. The number of nitrogens with one attached hydrogen (secondary N) is 3. The summed E-state index contributed by atoms with van der Waals surface area (Å²) in [7, 11) is -3.94. The van der Waals surface area contributed by atoms with Gasteiger partial charge in [-0.25, -0.2) is 27.7 Å². The molecule has 12 heteroatoms. The number of thiazole rings is 1. The number of benzene rings is 1. The van der Waals surface area contributed by atoms with Crippen LogP contribution in [0.15, 0.2) is 29.3 Å². The molecule has 10 nitrogen and oxygen atoms in total. The Kier molecular flexibility index (Phi) is 15.6. The lowest BCUT2D eigenvalue weighted by atomic mass is 9.86. The molecule has 0 saturated heterocycles. The Balaban J connectivity index is 0.00000221. The average Bonchev–Trinajstić information content (AvgIpc) is 3.39. The number of amides is 2. The summed E-state index contributed by atoms with van der Waals surface area (Å²) < 4.78 is 39.9. The number of hydrogen-bond acceptors (Lipinski definition) is 8. The zero-order chi connectivity index (χ0) is 33.0. The second-order valence-electron chi connectivity index (χ2n) is 11.4. The molecule has 3 N–H and O–H groups in total. The minimum atomic E-state index is -3.94. The third-order valence-corrected chi connectivity index (χ3v) is 8.82. The minimum absolute atomic E-state index is 0.0477. The molecule has 0 atom stereocenters. The van der Waals surface area contributed by atoms with Crippen LogP contribution in [-0.4, -0.2) is 49.4 Å². The predicted molar refractivity (Wildman–Crippen MR) is 175 cm³/mol. The topological polar surface area (TPSA) is 136 Å². The van der Waals surface area contributed by atoms with Crippen molar-refractivity contribution >= 4 is 39.2 Å². The zero-order valence-corrected chi connectivity index (χ0v) is 29.3. The highest BCUT2D eigenvalue weighted by Crippen LogP contribution is 2.40. The van der Waals surface area contributed by atoms with E-state index in [0.717, 1.165) is 35.6 Å². The first-order valence-electron chi connectivity index (χ1n) is 15.2. The third kappa shape index (κ3) is 12.8. The minimum Gasteiger partial charge on any atom is -0.447 e. The molecule has 2 amide bonds. The van der Waals surface area contributed by atoms with Crippen molar-refractivity contribution in [3.05, 3.63) is 29.4 Å². The van der Waals surface area contributed by atoms with Gasteiger partial charge in [-0.1, -0.05) is 33.8 Å². The van der Waals surface area contributed by atoms with Crippen LogP contribution in [0.5, 0.6) is 0 Å². The van der Waals surface area contributed by atoms with Crippen molar-refractivity contribution in [3.8, 4) is 10.4 Å². The van der Waals surface area contributed by atoms with E-state index in [4.69, 9.17) is 9.47 Å². The molecule has 1 fully saturated rings. The Hall–Kier alpha value is -2.70. The van der Waals surface area contributed by atoms with Crippen molar-refractivity contribution in [1.82, 2.24) is 15.0 Å². The fraction of sp³-hybridized carbons (Fsp3) is 0.645. The molecule has 1 aromatic heterocycles. The first-order chi connectivity index (χ1) is 20.1. The third-order valence-electron chi connectivity index (χ3n) is 5.83. The van der Waals surface area contributed by atoms with Gasteiger partial charge in [0.25, 0.3) is 0 Å². The van der Waals surface area contributed by atoms with Gasteiger partial charge in [0, 0.05) is 34.9 Å². The monoisotopic (exact) mass is 640 g/mol. The number of hydrogen-bond donors (Lipinski definition) is 3. The number of carbonyl (C=O) groups excluding carboxylic acids is 2. The first kappa shape index (κ1) is 38.3. The first-order valence-corrected chi connectivity index (χ1v) is 17.5. The van der Waals surface area contributed by atoms with Crippen LogP contribution in [0.2, 0.25) is 0 Å². The van der Waals surface area contributed by atoms with Crippen LogP contribution in [0, 0.1) is 0 Å². The van der Waals surface area contributed by atoms with Crippen LogP contribution < -0.4 is 15.4 Å². The molecule has 0 unspecified atom stereocenters. The SMILES string of the molecule is CC.CC.CC(C)OC(=O)Nc1ccc(-c2cnc(C3CCC(NC(=O)OC(C)C)CC3)s2)c(S(=O)(=O)NC(C)(C)C)c1. The van der Waals surface area contributed by atoms with E-state index in [9.17, 15) is 18.0 Å². The lowest BCUT2D eigenvalue weighted by Crippen LogP contribution is -2.40. The van der Waals surface area contributed by atoms with E-state index < -0.39 is 27.7 Å². The van der Waals surface area contributed by atoms with Crippen LogP contribution in [-0.2, 0) is 19.5 Å². The van der Waals surface area contributed by atoms with Crippen LogP contribution in [0.1, 0.15) is 113 Å². The molecular formula is C31H52N4O6S2. The molecule has 3 rings (SSSR count). The Bertz CT molecular complexity index is 1260. The van der Waals surface area contributed by atoms with Gasteiger partial charge in [0.2, 0.25) is 10.0 Å². The molecule has 1 aliphatic carbocycles. The van der Waals surface area contributed by atoms with Gasteiger partial charge in [-0.15, -0.1) is 11.3 Å². The van der Waals surface area contributed by atoms with E-state index in [2.05, 4.69) is 20.3 Å². The van der Waals surface area contributed by atoms with Gasteiger partial charge in [0.1, 0.15) is 0 Å². The number of aromatic nitrogens is 1. The molecule has 1 aromatic carbocycles. The lowest BCUT2D eigenvalue weighted by Gasteiger charge is -2.28. The molecule has 0 spiro atoms. The number of ether oxygens (including phenoxy) is 2. The van der Waals surface area contributed by atoms with Gasteiger partial charge >= 0.3 is 12.2 Å². The largest absolute Gasteiger partial charge is 0.447 e. The van der Waals surface area contributed by atoms with E-state index in [1.54, 1.807) is 52.9 Å². The van der Waals surface area contributed by atoms with E-state index >= 15 is 0 Å². The molecule has 1 heterocycles. The van der Waals surface area contributed by atoms with E-state index in [0.29, 0.717) is 11.3 Å². The highest BCUT2D eigenvalue weighted by atomic mass is 32.2. The van der Waals surface area contributed by atoms with Crippen molar-refractivity contribution in [2.24, 2.45) is 0 Å². The quantitative estimate of drug-likeness (QED) is 0.266. The Morgan fingerprint density at radius 1 is 0.930 bits per heavy atom. The molecule has 0 radical (unpaired) electrons. The highest BCUT2D eigenvalue weighted by Gasteiger charge is 2.29. The van der Waals surface area contributed by atoms with Gasteiger partial charge in [0.15, 0.2) is 0 Å². The molecule has 1 saturated carbocycles. The van der Waals surface area contributed by atoms with Gasteiger partial charge in [-0.05, 0) is 86.3 Å². The van der Waals surface area contributed by atoms with E-state index in [1.165, 1.54) is 17.4 Å². The Morgan fingerprint density at radius 3 is 2.02 bits per heavy atom. The fourth-order valence-corrected chi connectivity index (χ4v) is 7.20. The maximum Gasteiger partial charge on any atom is 0.411 e. The molecule has 0 aliphatic heterocycles. The molecule has 2 aromatic rings. The number of carbonyl (C=O) groups is 2. The maximum absolute atomic E-state index is 13.4. The summed E-state index contributed by atoms with van der Waals surface area (Å²) in [6.45, 7) is 20.4. The standard InChI is InChI=1S/C27H40N4O6S2.2C2H6/c1-16(2)36-25(32)29-19-10-8-18(9-11-19)24-28-15-22(38-24)21-13-12-20(30-26(33)37-17(3)4)14-23(21)39(34,35)31-27(5,6)7;2*1-2/h12-19,31H,8-11H2,1-7H3,(H,29,32)(H,30,33);2*1-2H3. The van der Waals surface area contributed by atoms with Crippen LogP contribution in [0.3, 0.4) is 0 Å². The summed E-state index contributed by atoms with van der Waals surface area (Å²) in [5.74, 6) is 0.224. The zero-order valence-electron chi connectivity index (χ0n) is 27.7. The van der Waals surface area contributed by atoms with Crippen molar-refractivity contribution in [3.63, 3.8) is 0 Å². The van der Waals surface area contributed by atoms with E-state index in [1.807, 2.05) is 41.5 Å². The second kappa shape index (κ2) is 17.6. The second-order valence-corrected chi connectivity index (χ2v) is 14.1. The van der Waals surface area contributed by atoms with Crippen LogP contribution >= 0.6 is 11.3 Å². The van der Waals surface area contributed by atoms with Crippen molar-refractivity contribution in [2.75, 3.05) is 5.32 Å². The van der Waals surface area contributed by atoms with Crippen molar-refractivity contribution < 1.29 is 27.5 Å². The maximum atomic E-state index is 13.4. The van der Waals surface area contributed by atoms with Gasteiger partial charge in [-0.3, -0.25) is 5.32 Å². The molecule has 0 bridgehead atoms. The highest BCUT2D eigenvalue weighted by molar-refractivity contribution is 7.89. The molecule has 43 heavy (non-hydrogen) atoms. The smallest absolute Gasteiger partial charge is 0.411 e. The number of anilines is 1. The number of nitrogens with zero attached hydrogens (tertiary/aromatic N) is 1. The fourth-order valence-electron chi connectivity index (χ4n) is 4.35. The summed E-state index contributed by atoms with van der Waals surface area (Å²) in [6.07, 6.45) is 3.52. The van der Waals surface area contributed by atoms with Crippen LogP contribution in [0.4, 0.5) is 15.3 Å². The van der Waals surface area contributed by atoms with E-state index in [-0.39, 0.29) is 29.1 Å². The summed E-state index contributed by atoms with van der Waals surface area (Å²) in [5, 5.41) is 6.48. The van der Waals surface area contributed by atoms with Crippen molar-refractivity contribution in [2.45, 2.75) is 136 Å². The van der Waals surface area contributed by atoms with Gasteiger partial charge in [0.05, 0.1) is 27.0 Å². The number of sulfonamides is 1. The number of rotatable bonds is 8. The summed E-state index contributed by atoms with van der Waals surface area (Å²) >= 11 is 1.47. The summed E-state index contributed by atoms with van der Waals surface area (Å²) in [5.41, 5.74) is 0.110. The molecule has 244 valence electrons. The van der Waals surface area contributed by atoms with Crippen LogP contribution in [0.25, 0.3) is 10.4 Å². The Morgan fingerprint density at radius 2 is 1.49 bits per heavy atom. The number of alkyl carbamates (subject to hydrolysis) is 1. The summed E-state index contributed by atoms with van der Waals surface area (Å²) in [6, 6.07) is 4.84. The molecule has 1 aliphatic rings. The van der Waals surface area contributed by atoms with Gasteiger partial charge < -0.3 is 14.8 Å².